The molecule has 1 saturated heterocycles. The minimum atomic E-state index is -0.860. The molecule has 0 bridgehead atoms. The number of ether oxygens (including phenoxy) is 3. The number of hydrogen-bond acceptors (Lipinski definition) is 9. The van der Waals surface area contributed by atoms with E-state index in [-0.39, 0.29) is 18.8 Å². The van der Waals surface area contributed by atoms with E-state index in [1.165, 1.54) is 25.2 Å². The van der Waals surface area contributed by atoms with Crippen molar-refractivity contribution in [2.24, 2.45) is 0 Å². The number of amides is 2. The summed E-state index contributed by atoms with van der Waals surface area (Å²) in [5, 5.41) is 22.4. The highest BCUT2D eigenvalue weighted by atomic mass is 32.2. The first kappa shape index (κ1) is 30.2. The number of rotatable bonds is 11. The van der Waals surface area contributed by atoms with Crippen molar-refractivity contribution in [3.8, 4) is 0 Å². The van der Waals surface area contributed by atoms with Crippen molar-refractivity contribution in [1.29, 1.82) is 0 Å². The summed E-state index contributed by atoms with van der Waals surface area (Å²) < 4.78 is 17.7. The van der Waals surface area contributed by atoms with Gasteiger partial charge < -0.3 is 30.0 Å². The molecule has 4 N–H and O–H groups in total. The smallest absolute Gasteiger partial charge is 0.328 e. The van der Waals surface area contributed by atoms with Crippen LogP contribution in [-0.4, -0.2) is 57.3 Å². The highest BCUT2D eigenvalue weighted by Gasteiger charge is 2.32. The molecule has 0 radical (unpaired) electrons. The monoisotopic (exact) mass is 603 g/mol. The van der Waals surface area contributed by atoms with Crippen LogP contribution in [-0.2, 0) is 32.0 Å². The lowest BCUT2D eigenvalue weighted by Crippen LogP contribution is -2.45. The molecule has 224 valence electrons. The van der Waals surface area contributed by atoms with Gasteiger partial charge in [-0.3, -0.25) is 5.10 Å². The van der Waals surface area contributed by atoms with Crippen LogP contribution < -0.4 is 10.6 Å². The number of methoxy groups -OCH3 is 1. The average Bonchev–Trinajstić information content (AvgIpc) is 3.57. The molecule has 1 aromatic heterocycles. The number of carbonyl (C=O) groups is 2. The maximum atomic E-state index is 12.9. The number of thioether (sulfide) groups is 1. The van der Waals surface area contributed by atoms with E-state index in [0.29, 0.717) is 29.4 Å². The van der Waals surface area contributed by atoms with Crippen molar-refractivity contribution in [3.05, 3.63) is 107 Å². The molecular formula is C31H33N5O6S. The van der Waals surface area contributed by atoms with Gasteiger partial charge >= 0.3 is 12.0 Å². The summed E-state index contributed by atoms with van der Waals surface area (Å²) in [6.45, 7) is -0.0337. The number of nitrogens with one attached hydrogen (secondary N) is 3. The van der Waals surface area contributed by atoms with Gasteiger partial charge in [-0.1, -0.05) is 78.5 Å². The van der Waals surface area contributed by atoms with Crippen LogP contribution in [0.2, 0.25) is 0 Å². The summed E-state index contributed by atoms with van der Waals surface area (Å²) in [5.74, 6) is 0.0841. The molecule has 43 heavy (non-hydrogen) atoms. The van der Waals surface area contributed by atoms with Crippen LogP contribution in [0.15, 0.2) is 90.3 Å². The number of aliphatic hydroxyl groups is 1. The van der Waals surface area contributed by atoms with Crippen molar-refractivity contribution < 1.29 is 28.9 Å². The lowest BCUT2D eigenvalue weighted by molar-refractivity contribution is -0.245. The van der Waals surface area contributed by atoms with Gasteiger partial charge in [0.05, 0.1) is 25.9 Å². The molecule has 2 amide bonds. The van der Waals surface area contributed by atoms with Crippen molar-refractivity contribution in [2.75, 3.05) is 18.2 Å². The van der Waals surface area contributed by atoms with E-state index in [1.54, 1.807) is 18.2 Å². The summed E-state index contributed by atoms with van der Waals surface area (Å²) >= 11 is 1.51. The van der Waals surface area contributed by atoms with E-state index in [2.05, 4.69) is 25.8 Å². The van der Waals surface area contributed by atoms with Crippen molar-refractivity contribution in [2.45, 2.75) is 49.1 Å². The number of hydrogen-bond donors (Lipinski definition) is 4. The molecule has 0 aliphatic carbocycles. The van der Waals surface area contributed by atoms with Crippen molar-refractivity contribution in [1.82, 2.24) is 20.5 Å². The number of esters is 1. The van der Waals surface area contributed by atoms with E-state index >= 15 is 0 Å². The molecular weight excluding hydrogens is 570 g/mol. The molecule has 11 nitrogen and oxygen atoms in total. The Labute approximate surface area is 253 Å². The zero-order valence-corrected chi connectivity index (χ0v) is 24.3. The number of benzene rings is 3. The lowest BCUT2D eigenvalue weighted by atomic mass is 10.0. The third kappa shape index (κ3) is 8.42. The molecule has 0 saturated carbocycles. The quantitative estimate of drug-likeness (QED) is 0.143. The fourth-order valence-electron chi connectivity index (χ4n) is 4.73. The van der Waals surface area contributed by atoms with Gasteiger partial charge in [0.15, 0.2) is 11.4 Å². The van der Waals surface area contributed by atoms with E-state index in [4.69, 9.17) is 14.2 Å². The molecule has 4 aromatic rings. The third-order valence-electron chi connectivity index (χ3n) is 6.90. The summed E-state index contributed by atoms with van der Waals surface area (Å²) in [6.07, 6.45) is 1.24. The first-order valence-corrected chi connectivity index (χ1v) is 14.8. The Morgan fingerprint density at radius 1 is 1.05 bits per heavy atom. The van der Waals surface area contributed by atoms with E-state index < -0.39 is 24.3 Å². The molecule has 1 aliphatic rings. The highest BCUT2D eigenvalue weighted by Crippen LogP contribution is 2.39. The molecule has 4 unspecified atom stereocenters. The van der Waals surface area contributed by atoms with Gasteiger partial charge in [-0.25, -0.2) is 14.6 Å². The second kappa shape index (κ2) is 14.8. The van der Waals surface area contributed by atoms with Crippen LogP contribution in [0.4, 0.5) is 10.5 Å². The molecule has 1 aliphatic heterocycles. The minimum Gasteiger partial charge on any atom is -0.467 e. The summed E-state index contributed by atoms with van der Waals surface area (Å²) in [4.78, 5) is 29.5. The standard InChI is InChI=1S/C31H33N5O6S/c1-40-28(38)26(14-20-6-3-2-4-7-20)35-30(39)34-24-9-5-8-23(15-24)29-41-25(18-43-31-32-19-33-36-31)16-27(42-29)22-12-10-21(17-37)11-13-22/h2-13,15,19,25-27,29,37H,14,16-18H2,1H3,(H,32,33,36)(H2,34,35,39). The van der Waals surface area contributed by atoms with Gasteiger partial charge in [-0.05, 0) is 28.8 Å². The topological polar surface area (TPSA) is 148 Å². The molecule has 0 spiro atoms. The Bertz CT molecular complexity index is 1470. The predicted molar refractivity (Wildman–Crippen MR) is 160 cm³/mol. The van der Waals surface area contributed by atoms with E-state index in [9.17, 15) is 14.7 Å². The number of H-pyrrole nitrogens is 1. The van der Waals surface area contributed by atoms with Gasteiger partial charge in [-0.15, -0.1) is 0 Å². The predicted octanol–water partition coefficient (Wildman–Crippen LogP) is 4.54. The Morgan fingerprint density at radius 2 is 1.86 bits per heavy atom. The zero-order chi connectivity index (χ0) is 30.0. The number of urea groups is 1. The van der Waals surface area contributed by atoms with E-state index in [0.717, 1.165) is 22.3 Å². The number of aromatic nitrogens is 3. The third-order valence-corrected chi connectivity index (χ3v) is 7.91. The second-order valence-electron chi connectivity index (χ2n) is 9.94. The Hall–Kier alpha value is -4.23. The van der Waals surface area contributed by atoms with Gasteiger partial charge in [0.25, 0.3) is 0 Å². The van der Waals surface area contributed by atoms with Crippen LogP contribution in [0.25, 0.3) is 0 Å². The number of aliphatic hydroxyl groups excluding tert-OH is 1. The fourth-order valence-corrected chi connectivity index (χ4v) is 5.53. The second-order valence-corrected chi connectivity index (χ2v) is 10.9. The summed E-state index contributed by atoms with van der Waals surface area (Å²) in [6, 6.07) is 22.9. The molecule has 3 aromatic carbocycles. The fraction of sp³-hybridized carbons (Fsp3) is 0.290. The Morgan fingerprint density at radius 3 is 2.58 bits per heavy atom. The van der Waals surface area contributed by atoms with Gasteiger partial charge in [-0.2, -0.15) is 5.10 Å². The lowest BCUT2D eigenvalue weighted by Gasteiger charge is -2.36. The molecule has 4 atom stereocenters. The normalized spacial score (nSPS) is 18.9. The highest BCUT2D eigenvalue weighted by molar-refractivity contribution is 7.99. The van der Waals surface area contributed by atoms with Crippen LogP contribution in [0, 0.1) is 0 Å². The molecule has 1 fully saturated rings. The first-order chi connectivity index (χ1) is 21.0. The van der Waals surface area contributed by atoms with Crippen molar-refractivity contribution in [3.63, 3.8) is 0 Å². The van der Waals surface area contributed by atoms with Crippen molar-refractivity contribution >= 4 is 29.4 Å². The molecule has 12 heteroatoms. The number of aromatic amines is 1. The zero-order valence-electron chi connectivity index (χ0n) is 23.5. The van der Waals surface area contributed by atoms with Gasteiger partial charge in [0, 0.05) is 29.8 Å². The number of carbonyl (C=O) groups excluding carboxylic acids is 2. The van der Waals surface area contributed by atoms with Gasteiger partial charge in [0.1, 0.15) is 12.4 Å². The van der Waals surface area contributed by atoms with Crippen LogP contribution in [0.1, 0.15) is 41.1 Å². The maximum Gasteiger partial charge on any atom is 0.328 e. The van der Waals surface area contributed by atoms with E-state index in [1.807, 2.05) is 60.7 Å². The first-order valence-electron chi connectivity index (χ1n) is 13.8. The molecule has 2 heterocycles. The Kier molecular flexibility index (Phi) is 10.4. The summed E-state index contributed by atoms with van der Waals surface area (Å²) in [7, 11) is 1.29. The number of nitrogens with zero attached hydrogens (tertiary/aromatic N) is 2. The van der Waals surface area contributed by atoms with Crippen LogP contribution >= 0.6 is 11.8 Å². The molecule has 5 rings (SSSR count). The largest absolute Gasteiger partial charge is 0.467 e. The van der Waals surface area contributed by atoms with Gasteiger partial charge in [0.2, 0.25) is 0 Å². The van der Waals surface area contributed by atoms with Crippen LogP contribution in [0.3, 0.4) is 0 Å². The number of anilines is 1. The summed E-state index contributed by atoms with van der Waals surface area (Å²) in [5.41, 5.74) is 3.91. The average molecular weight is 604 g/mol. The van der Waals surface area contributed by atoms with Crippen LogP contribution in [0.5, 0.6) is 0 Å². The minimum absolute atomic E-state index is 0.0337. The maximum absolute atomic E-state index is 12.9. The SMILES string of the molecule is COC(=O)C(Cc1ccccc1)NC(=O)Nc1cccc(C2OC(CSc3ncn[nH]3)CC(c3ccc(CO)cc3)O2)c1. The Balaban J connectivity index is 1.29.